The van der Waals surface area contributed by atoms with Gasteiger partial charge in [0.15, 0.2) is 0 Å². The van der Waals surface area contributed by atoms with Gasteiger partial charge in [-0.3, -0.25) is 4.79 Å². The highest BCUT2D eigenvalue weighted by atomic mass is 35.5. The summed E-state index contributed by atoms with van der Waals surface area (Å²) in [5, 5.41) is 3.91. The van der Waals surface area contributed by atoms with Crippen LogP contribution in [0.3, 0.4) is 0 Å². The van der Waals surface area contributed by atoms with Gasteiger partial charge in [0, 0.05) is 18.3 Å². The SMILES string of the molecule is CCC1CCCCN1C(=O)c1cc(C)nc(Nc2cccc(Cl)c2Cl)n1. The lowest BCUT2D eigenvalue weighted by atomic mass is 9.99. The van der Waals surface area contributed by atoms with E-state index in [9.17, 15) is 4.79 Å². The van der Waals surface area contributed by atoms with Gasteiger partial charge in [0.2, 0.25) is 5.95 Å². The van der Waals surface area contributed by atoms with Crippen molar-refractivity contribution in [3.05, 3.63) is 45.7 Å². The minimum atomic E-state index is -0.0395. The Labute approximate surface area is 163 Å². The number of halogens is 2. The van der Waals surface area contributed by atoms with Crippen molar-refractivity contribution >= 4 is 40.7 Å². The highest BCUT2D eigenvalue weighted by Gasteiger charge is 2.27. The molecular formula is C19H22Cl2N4O. The van der Waals surface area contributed by atoms with Crippen LogP contribution in [0.15, 0.2) is 24.3 Å². The van der Waals surface area contributed by atoms with Crippen molar-refractivity contribution in [2.24, 2.45) is 0 Å². The topological polar surface area (TPSA) is 58.1 Å². The number of amides is 1. The van der Waals surface area contributed by atoms with Crippen LogP contribution < -0.4 is 5.32 Å². The summed E-state index contributed by atoms with van der Waals surface area (Å²) in [6.45, 7) is 4.75. The third-order valence-corrected chi connectivity index (χ3v) is 5.45. The lowest BCUT2D eigenvalue weighted by molar-refractivity contribution is 0.0602. The molecule has 138 valence electrons. The van der Waals surface area contributed by atoms with Gasteiger partial charge in [-0.1, -0.05) is 36.2 Å². The zero-order valence-electron chi connectivity index (χ0n) is 14.9. The Morgan fingerprint density at radius 1 is 1.31 bits per heavy atom. The molecule has 5 nitrogen and oxygen atoms in total. The molecule has 2 aromatic rings. The zero-order valence-corrected chi connectivity index (χ0v) is 16.4. The summed E-state index contributed by atoms with van der Waals surface area (Å²) >= 11 is 12.3. The van der Waals surface area contributed by atoms with E-state index < -0.39 is 0 Å². The Hall–Kier alpha value is -1.85. The van der Waals surface area contributed by atoms with Gasteiger partial charge < -0.3 is 10.2 Å². The van der Waals surface area contributed by atoms with Crippen LogP contribution in [0.2, 0.25) is 10.0 Å². The predicted molar refractivity (Wildman–Crippen MR) is 105 cm³/mol. The number of carbonyl (C=O) groups excluding carboxylic acids is 1. The summed E-state index contributed by atoms with van der Waals surface area (Å²) in [6, 6.07) is 7.30. The molecule has 2 heterocycles. The maximum absolute atomic E-state index is 13.0. The van der Waals surface area contributed by atoms with Crippen molar-refractivity contribution in [2.75, 3.05) is 11.9 Å². The van der Waals surface area contributed by atoms with Gasteiger partial charge in [0.25, 0.3) is 5.91 Å². The van der Waals surface area contributed by atoms with Crippen molar-refractivity contribution in [1.29, 1.82) is 0 Å². The molecular weight excluding hydrogens is 371 g/mol. The normalized spacial score (nSPS) is 17.2. The maximum Gasteiger partial charge on any atom is 0.272 e. The molecule has 1 N–H and O–H groups in total. The number of piperidine rings is 1. The fraction of sp³-hybridized carbons (Fsp3) is 0.421. The summed E-state index contributed by atoms with van der Waals surface area (Å²) in [5.74, 6) is 0.296. The Balaban J connectivity index is 1.87. The number of benzene rings is 1. The van der Waals surface area contributed by atoms with Gasteiger partial charge >= 0.3 is 0 Å². The van der Waals surface area contributed by atoms with Gasteiger partial charge in [0.1, 0.15) is 5.69 Å². The van der Waals surface area contributed by atoms with E-state index in [1.54, 1.807) is 24.3 Å². The quantitative estimate of drug-likeness (QED) is 0.772. The van der Waals surface area contributed by atoms with Crippen LogP contribution in [-0.4, -0.2) is 33.4 Å². The average Bonchev–Trinajstić information content (AvgIpc) is 2.64. The van der Waals surface area contributed by atoms with E-state index in [1.165, 1.54) is 6.42 Å². The smallest absolute Gasteiger partial charge is 0.272 e. The third-order valence-electron chi connectivity index (χ3n) is 4.63. The second kappa shape index (κ2) is 8.23. The van der Waals surface area contributed by atoms with Gasteiger partial charge in [-0.25, -0.2) is 9.97 Å². The van der Waals surface area contributed by atoms with Crippen molar-refractivity contribution in [1.82, 2.24) is 14.9 Å². The Kier molecular flexibility index (Phi) is 5.99. The van der Waals surface area contributed by atoms with Crippen molar-refractivity contribution < 1.29 is 4.79 Å². The molecule has 0 bridgehead atoms. The van der Waals surface area contributed by atoms with E-state index in [0.29, 0.717) is 33.1 Å². The molecule has 26 heavy (non-hydrogen) atoms. The van der Waals surface area contributed by atoms with Crippen LogP contribution in [0.4, 0.5) is 11.6 Å². The van der Waals surface area contributed by atoms with Crippen molar-refractivity contribution in [3.8, 4) is 0 Å². The maximum atomic E-state index is 13.0. The lowest BCUT2D eigenvalue weighted by Gasteiger charge is -2.35. The second-order valence-electron chi connectivity index (χ2n) is 6.50. The first-order valence-corrected chi connectivity index (χ1v) is 9.63. The number of aromatic nitrogens is 2. The number of rotatable bonds is 4. The van der Waals surface area contributed by atoms with E-state index in [2.05, 4.69) is 22.2 Å². The van der Waals surface area contributed by atoms with Gasteiger partial charge in [0.05, 0.1) is 15.7 Å². The number of aryl methyl sites for hydroxylation is 1. The molecule has 3 rings (SSSR count). The molecule has 0 saturated carbocycles. The molecule has 0 radical (unpaired) electrons. The Morgan fingerprint density at radius 3 is 2.88 bits per heavy atom. The van der Waals surface area contributed by atoms with Crippen LogP contribution >= 0.6 is 23.2 Å². The molecule has 1 aliphatic rings. The van der Waals surface area contributed by atoms with E-state index in [4.69, 9.17) is 23.2 Å². The first-order valence-electron chi connectivity index (χ1n) is 8.87. The summed E-state index contributed by atoms with van der Waals surface area (Å²) in [6.07, 6.45) is 4.22. The second-order valence-corrected chi connectivity index (χ2v) is 7.29. The number of hydrogen-bond donors (Lipinski definition) is 1. The molecule has 1 aromatic carbocycles. The number of carbonyl (C=O) groups is 1. The number of nitrogens with one attached hydrogen (secondary N) is 1. The number of likely N-dealkylation sites (tertiary alicyclic amines) is 1. The van der Waals surface area contributed by atoms with E-state index >= 15 is 0 Å². The minimum Gasteiger partial charge on any atom is -0.334 e. The van der Waals surface area contributed by atoms with Crippen LogP contribution in [0.25, 0.3) is 0 Å². The highest BCUT2D eigenvalue weighted by Crippen LogP contribution is 2.31. The Bertz CT molecular complexity index is 812. The number of hydrogen-bond acceptors (Lipinski definition) is 4. The minimum absolute atomic E-state index is 0.0395. The molecule has 1 saturated heterocycles. The van der Waals surface area contributed by atoms with Crippen LogP contribution in [-0.2, 0) is 0 Å². The molecule has 0 spiro atoms. The molecule has 1 fully saturated rings. The van der Waals surface area contributed by atoms with E-state index in [1.807, 2.05) is 11.8 Å². The van der Waals surface area contributed by atoms with Crippen LogP contribution in [0, 0.1) is 6.92 Å². The molecule has 1 aromatic heterocycles. The van der Waals surface area contributed by atoms with Crippen LogP contribution in [0.1, 0.15) is 48.8 Å². The van der Waals surface area contributed by atoms with Crippen LogP contribution in [0.5, 0.6) is 0 Å². The standard InChI is InChI=1S/C19H22Cl2N4O/c1-3-13-7-4-5-10-25(13)18(26)16-11-12(2)22-19(24-16)23-15-9-6-8-14(20)17(15)21/h6,8-9,11,13H,3-5,7,10H2,1-2H3,(H,22,23,24). The van der Waals surface area contributed by atoms with Gasteiger partial charge in [-0.05, 0) is 50.8 Å². The number of nitrogens with zero attached hydrogens (tertiary/aromatic N) is 3. The van der Waals surface area contributed by atoms with Gasteiger partial charge in [-0.15, -0.1) is 0 Å². The lowest BCUT2D eigenvalue weighted by Crippen LogP contribution is -2.43. The van der Waals surface area contributed by atoms with Crippen molar-refractivity contribution in [3.63, 3.8) is 0 Å². The average molecular weight is 393 g/mol. The molecule has 1 amide bonds. The molecule has 1 atom stereocenters. The molecule has 0 aliphatic carbocycles. The third kappa shape index (κ3) is 4.10. The fourth-order valence-corrected chi connectivity index (χ4v) is 3.64. The van der Waals surface area contributed by atoms with Crippen molar-refractivity contribution in [2.45, 2.75) is 45.6 Å². The summed E-state index contributed by atoms with van der Waals surface area (Å²) < 4.78 is 0. The number of anilines is 2. The summed E-state index contributed by atoms with van der Waals surface area (Å²) in [7, 11) is 0. The highest BCUT2D eigenvalue weighted by molar-refractivity contribution is 6.43. The zero-order chi connectivity index (χ0) is 18.7. The fourth-order valence-electron chi connectivity index (χ4n) is 3.29. The first-order chi connectivity index (χ1) is 12.5. The van der Waals surface area contributed by atoms with E-state index in [0.717, 1.165) is 25.8 Å². The monoisotopic (exact) mass is 392 g/mol. The largest absolute Gasteiger partial charge is 0.334 e. The Morgan fingerprint density at radius 2 is 2.12 bits per heavy atom. The van der Waals surface area contributed by atoms with Gasteiger partial charge in [-0.2, -0.15) is 0 Å². The predicted octanol–water partition coefficient (Wildman–Crippen LogP) is 5.24. The molecule has 1 aliphatic heterocycles. The first kappa shape index (κ1) is 18.9. The summed E-state index contributed by atoms with van der Waals surface area (Å²) in [4.78, 5) is 23.8. The van der Waals surface area contributed by atoms with E-state index in [-0.39, 0.29) is 11.9 Å². The molecule has 7 heteroatoms. The summed E-state index contributed by atoms with van der Waals surface area (Å²) in [5.41, 5.74) is 1.72. The molecule has 1 unspecified atom stereocenters.